The summed E-state index contributed by atoms with van der Waals surface area (Å²) < 4.78 is 61.6. The maximum absolute atomic E-state index is 13.8. The van der Waals surface area contributed by atoms with Gasteiger partial charge in [0.2, 0.25) is 10.0 Å². The number of sulfonamides is 1. The molecule has 0 saturated heterocycles. The number of hydrogen-bond acceptors (Lipinski definition) is 8. The Kier molecular flexibility index (Phi) is 11.5. The standard InChI is InChI=1S/C29H35F2N3O6S2/c1-19-24(39-4)14-22(15-25(19)40-5)29(36)34(13-9-12-21-10-7-6-8-11-21)17-27-32-28(20(2)41-27)23(35)18-42(37,38)33(3)16-26(30)31/h6-8,10-11,14-15,26H,9,12-13,16-18H2,1-5H3. The number of halogens is 2. The lowest BCUT2D eigenvalue weighted by atomic mass is 10.1. The van der Waals surface area contributed by atoms with Gasteiger partial charge < -0.3 is 14.4 Å². The number of thiazole rings is 1. The molecule has 0 aliphatic carbocycles. The SMILES string of the molecule is COc1cc(C(=O)N(CCCc2ccccc2)Cc2nc(C(=O)CS(=O)(=O)N(C)CC(F)F)c(C)s2)cc(OC)c1C. The van der Waals surface area contributed by atoms with Crippen molar-refractivity contribution in [2.45, 2.75) is 39.7 Å². The molecule has 0 unspecified atom stereocenters. The third-order valence-corrected chi connectivity index (χ3v) is 9.32. The minimum absolute atomic E-state index is 0.0561. The summed E-state index contributed by atoms with van der Waals surface area (Å²) in [5.41, 5.74) is 2.17. The molecule has 2 aromatic carbocycles. The first-order valence-electron chi connectivity index (χ1n) is 13.1. The number of nitrogens with zero attached hydrogens (tertiary/aromatic N) is 3. The number of amides is 1. The van der Waals surface area contributed by atoms with Gasteiger partial charge in [0.1, 0.15) is 28.0 Å². The number of alkyl halides is 2. The van der Waals surface area contributed by atoms with E-state index in [9.17, 15) is 26.8 Å². The van der Waals surface area contributed by atoms with Crippen LogP contribution in [0.3, 0.4) is 0 Å². The van der Waals surface area contributed by atoms with Crippen molar-refractivity contribution in [3.8, 4) is 11.5 Å². The number of aromatic nitrogens is 1. The predicted octanol–water partition coefficient (Wildman–Crippen LogP) is 4.76. The summed E-state index contributed by atoms with van der Waals surface area (Å²) in [6, 6.07) is 13.1. The van der Waals surface area contributed by atoms with Gasteiger partial charge in [0.15, 0.2) is 5.78 Å². The number of methoxy groups -OCH3 is 2. The van der Waals surface area contributed by atoms with E-state index in [4.69, 9.17) is 9.47 Å². The van der Waals surface area contributed by atoms with Crippen LogP contribution in [-0.2, 0) is 23.0 Å². The van der Waals surface area contributed by atoms with E-state index >= 15 is 0 Å². The van der Waals surface area contributed by atoms with Crippen LogP contribution in [0, 0.1) is 13.8 Å². The number of ketones is 1. The lowest BCUT2D eigenvalue weighted by Crippen LogP contribution is -2.35. The Labute approximate surface area is 249 Å². The molecule has 228 valence electrons. The molecule has 0 radical (unpaired) electrons. The molecule has 1 heterocycles. The molecule has 13 heteroatoms. The van der Waals surface area contributed by atoms with E-state index < -0.39 is 34.5 Å². The van der Waals surface area contributed by atoms with Crippen LogP contribution in [0.25, 0.3) is 0 Å². The molecule has 3 rings (SSSR count). The Morgan fingerprint density at radius 1 is 1.05 bits per heavy atom. The summed E-state index contributed by atoms with van der Waals surface area (Å²) in [5.74, 6) is -1.08. The van der Waals surface area contributed by atoms with E-state index in [0.29, 0.717) is 44.2 Å². The highest BCUT2D eigenvalue weighted by Crippen LogP contribution is 2.30. The number of ether oxygens (including phenoxy) is 2. The quantitative estimate of drug-likeness (QED) is 0.225. The van der Waals surface area contributed by atoms with Crippen LogP contribution < -0.4 is 9.47 Å². The van der Waals surface area contributed by atoms with E-state index in [1.807, 2.05) is 37.3 Å². The maximum Gasteiger partial charge on any atom is 0.254 e. The zero-order valence-electron chi connectivity index (χ0n) is 24.2. The number of carbonyl (C=O) groups is 2. The third kappa shape index (κ3) is 8.55. The van der Waals surface area contributed by atoms with E-state index in [2.05, 4.69) is 4.98 Å². The molecular formula is C29H35F2N3O6S2. The highest BCUT2D eigenvalue weighted by molar-refractivity contribution is 7.89. The molecule has 9 nitrogen and oxygen atoms in total. The van der Waals surface area contributed by atoms with Crippen LogP contribution in [0.5, 0.6) is 11.5 Å². The van der Waals surface area contributed by atoms with Crippen molar-refractivity contribution < 1.29 is 36.3 Å². The van der Waals surface area contributed by atoms with Crippen molar-refractivity contribution >= 4 is 33.1 Å². The summed E-state index contributed by atoms with van der Waals surface area (Å²) in [6.07, 6.45) is -1.48. The second-order valence-electron chi connectivity index (χ2n) is 9.69. The number of benzene rings is 2. The summed E-state index contributed by atoms with van der Waals surface area (Å²) in [6.45, 7) is 2.89. The van der Waals surface area contributed by atoms with Gasteiger partial charge in [0, 0.05) is 29.6 Å². The first-order valence-corrected chi connectivity index (χ1v) is 15.6. The summed E-state index contributed by atoms with van der Waals surface area (Å²) in [7, 11) is -0.236. The molecule has 0 aliphatic rings. The monoisotopic (exact) mass is 623 g/mol. The predicted molar refractivity (Wildman–Crippen MR) is 157 cm³/mol. The van der Waals surface area contributed by atoms with Crippen LogP contribution in [0.15, 0.2) is 42.5 Å². The fourth-order valence-electron chi connectivity index (χ4n) is 4.36. The Hall–Kier alpha value is -3.42. The van der Waals surface area contributed by atoms with Crippen LogP contribution in [-0.4, -0.2) is 80.8 Å². The highest BCUT2D eigenvalue weighted by Gasteiger charge is 2.28. The molecule has 42 heavy (non-hydrogen) atoms. The van der Waals surface area contributed by atoms with Gasteiger partial charge in [-0.3, -0.25) is 9.59 Å². The fraction of sp³-hybridized carbons (Fsp3) is 0.414. The number of rotatable bonds is 15. The number of aryl methyl sites for hydroxylation is 2. The molecular weight excluding hydrogens is 588 g/mol. The van der Waals surface area contributed by atoms with Crippen LogP contribution >= 0.6 is 11.3 Å². The Balaban J connectivity index is 1.86. The Morgan fingerprint density at radius 3 is 2.24 bits per heavy atom. The van der Waals surface area contributed by atoms with Gasteiger partial charge in [-0.2, -0.15) is 4.31 Å². The Bertz CT molecular complexity index is 1470. The average Bonchev–Trinajstić information content (AvgIpc) is 3.32. The van der Waals surface area contributed by atoms with E-state index in [1.165, 1.54) is 25.6 Å². The fourth-order valence-corrected chi connectivity index (χ4v) is 6.35. The Morgan fingerprint density at radius 2 is 1.67 bits per heavy atom. The molecule has 3 aromatic rings. The first kappa shape index (κ1) is 33.1. The number of Topliss-reactive ketones (excluding diaryl/α,β-unsaturated/α-hetero) is 1. The second-order valence-corrected chi connectivity index (χ2v) is 13.0. The number of carbonyl (C=O) groups excluding carboxylic acids is 2. The van der Waals surface area contributed by atoms with Crippen LogP contribution in [0.1, 0.15) is 48.3 Å². The number of hydrogen-bond donors (Lipinski definition) is 0. The van der Waals surface area contributed by atoms with Crippen molar-refractivity contribution in [3.63, 3.8) is 0 Å². The van der Waals surface area contributed by atoms with Crippen molar-refractivity contribution in [2.24, 2.45) is 0 Å². The zero-order valence-corrected chi connectivity index (χ0v) is 25.9. The second kappa shape index (κ2) is 14.7. The van der Waals surface area contributed by atoms with Crippen molar-refractivity contribution in [2.75, 3.05) is 40.1 Å². The summed E-state index contributed by atoms with van der Waals surface area (Å²) >= 11 is 1.17. The van der Waals surface area contributed by atoms with Crippen molar-refractivity contribution in [1.29, 1.82) is 0 Å². The minimum atomic E-state index is -4.26. The molecule has 0 atom stereocenters. The van der Waals surface area contributed by atoms with E-state index in [0.717, 1.165) is 24.6 Å². The van der Waals surface area contributed by atoms with Gasteiger partial charge in [-0.15, -0.1) is 11.3 Å². The van der Waals surface area contributed by atoms with Gasteiger partial charge >= 0.3 is 0 Å². The molecule has 0 fully saturated rings. The smallest absolute Gasteiger partial charge is 0.254 e. The lowest BCUT2D eigenvalue weighted by Gasteiger charge is -2.23. The van der Waals surface area contributed by atoms with Gasteiger partial charge in [-0.25, -0.2) is 22.2 Å². The maximum atomic E-state index is 13.8. The van der Waals surface area contributed by atoms with Crippen LogP contribution in [0.2, 0.25) is 0 Å². The molecule has 0 saturated carbocycles. The largest absolute Gasteiger partial charge is 0.496 e. The molecule has 1 aromatic heterocycles. The van der Waals surface area contributed by atoms with Gasteiger partial charge in [-0.05, 0) is 44.4 Å². The van der Waals surface area contributed by atoms with E-state index in [-0.39, 0.29) is 18.1 Å². The summed E-state index contributed by atoms with van der Waals surface area (Å²) in [5, 5.41) is 0.438. The molecule has 1 amide bonds. The lowest BCUT2D eigenvalue weighted by molar-refractivity contribution is 0.0740. The third-order valence-electron chi connectivity index (χ3n) is 6.64. The topological polar surface area (TPSA) is 106 Å². The minimum Gasteiger partial charge on any atom is -0.496 e. The molecule has 0 bridgehead atoms. The summed E-state index contributed by atoms with van der Waals surface area (Å²) in [4.78, 5) is 33.1. The normalized spacial score (nSPS) is 11.6. The molecule has 0 spiro atoms. The average molecular weight is 624 g/mol. The van der Waals surface area contributed by atoms with Gasteiger partial charge in [0.25, 0.3) is 12.3 Å². The van der Waals surface area contributed by atoms with E-state index in [1.54, 1.807) is 24.0 Å². The highest BCUT2D eigenvalue weighted by atomic mass is 32.2. The van der Waals surface area contributed by atoms with Gasteiger partial charge in [-0.1, -0.05) is 30.3 Å². The zero-order chi connectivity index (χ0) is 31.0. The first-order chi connectivity index (χ1) is 19.9. The van der Waals surface area contributed by atoms with Gasteiger partial charge in [0.05, 0.1) is 27.3 Å². The van der Waals surface area contributed by atoms with Crippen molar-refractivity contribution in [1.82, 2.24) is 14.2 Å². The van der Waals surface area contributed by atoms with Crippen molar-refractivity contribution in [3.05, 3.63) is 74.7 Å². The molecule has 0 N–H and O–H groups in total. The molecule has 0 aliphatic heterocycles. The van der Waals surface area contributed by atoms with Crippen LogP contribution in [0.4, 0.5) is 8.78 Å².